The van der Waals surface area contributed by atoms with Crippen LogP contribution in [0.25, 0.3) is 0 Å². The van der Waals surface area contributed by atoms with E-state index in [2.05, 4.69) is 22.3 Å². The lowest BCUT2D eigenvalue weighted by molar-refractivity contribution is -0.137. The van der Waals surface area contributed by atoms with Crippen LogP contribution in [0.3, 0.4) is 0 Å². The molecule has 0 radical (unpaired) electrons. The van der Waals surface area contributed by atoms with Gasteiger partial charge in [-0.25, -0.2) is 0 Å². The van der Waals surface area contributed by atoms with Gasteiger partial charge in [0.1, 0.15) is 0 Å². The topological polar surface area (TPSA) is 35.6 Å². The Morgan fingerprint density at radius 2 is 1.76 bits per heavy atom. The number of benzene rings is 3. The second kappa shape index (κ2) is 9.17. The predicted molar refractivity (Wildman–Crippen MR) is 125 cm³/mol. The maximum absolute atomic E-state index is 13.1. The number of amides is 1. The normalized spacial score (nSPS) is 14.0. The third-order valence-electron chi connectivity index (χ3n) is 6.00. The maximum atomic E-state index is 13.1. The number of carbonyl (C=O) groups is 1. The third kappa shape index (κ3) is 4.97. The van der Waals surface area contributed by atoms with Crippen molar-refractivity contribution in [1.29, 1.82) is 0 Å². The SMILES string of the molecule is CN(C)c1ccc([C@@H](CNC(=O)c2cccc(C(F)(F)F)c2)N2CCc3ccccc32)cc1. The Labute approximate surface area is 191 Å². The number of rotatable bonds is 6. The summed E-state index contributed by atoms with van der Waals surface area (Å²) >= 11 is 0. The maximum Gasteiger partial charge on any atom is 0.416 e. The highest BCUT2D eigenvalue weighted by Gasteiger charge is 2.31. The molecule has 1 amide bonds. The number of fused-ring (bicyclic) bond motifs is 1. The first-order chi connectivity index (χ1) is 15.7. The Morgan fingerprint density at radius 3 is 2.45 bits per heavy atom. The van der Waals surface area contributed by atoms with Crippen molar-refractivity contribution in [1.82, 2.24) is 5.32 Å². The Hall–Kier alpha value is -3.48. The van der Waals surface area contributed by atoms with Crippen molar-refractivity contribution in [2.45, 2.75) is 18.6 Å². The predicted octanol–water partition coefficient (Wildman–Crippen LogP) is 5.31. The molecule has 1 atom stereocenters. The van der Waals surface area contributed by atoms with Crippen molar-refractivity contribution in [3.8, 4) is 0 Å². The summed E-state index contributed by atoms with van der Waals surface area (Å²) in [6, 6.07) is 20.7. The number of anilines is 2. The summed E-state index contributed by atoms with van der Waals surface area (Å²) < 4.78 is 39.2. The van der Waals surface area contributed by atoms with Gasteiger partial charge in [-0.3, -0.25) is 4.79 Å². The molecule has 1 heterocycles. The van der Waals surface area contributed by atoms with E-state index < -0.39 is 17.6 Å². The zero-order valence-electron chi connectivity index (χ0n) is 18.6. The fourth-order valence-electron chi connectivity index (χ4n) is 4.22. The van der Waals surface area contributed by atoms with Gasteiger partial charge in [-0.15, -0.1) is 0 Å². The number of carbonyl (C=O) groups excluding carboxylic acids is 1. The van der Waals surface area contributed by atoms with Gasteiger partial charge in [0, 0.05) is 44.1 Å². The van der Waals surface area contributed by atoms with Crippen LogP contribution in [0.1, 0.15) is 33.1 Å². The molecule has 0 saturated heterocycles. The van der Waals surface area contributed by atoms with E-state index in [4.69, 9.17) is 0 Å². The molecule has 0 aliphatic carbocycles. The van der Waals surface area contributed by atoms with Crippen LogP contribution in [0.5, 0.6) is 0 Å². The van der Waals surface area contributed by atoms with Crippen LogP contribution in [0.2, 0.25) is 0 Å². The van der Waals surface area contributed by atoms with Gasteiger partial charge in [0.25, 0.3) is 5.91 Å². The van der Waals surface area contributed by atoms with Crippen molar-refractivity contribution in [2.24, 2.45) is 0 Å². The summed E-state index contributed by atoms with van der Waals surface area (Å²) in [5.41, 5.74) is 3.62. The molecule has 33 heavy (non-hydrogen) atoms. The minimum Gasteiger partial charge on any atom is -0.378 e. The van der Waals surface area contributed by atoms with Crippen molar-refractivity contribution in [3.63, 3.8) is 0 Å². The van der Waals surface area contributed by atoms with E-state index in [-0.39, 0.29) is 18.2 Å². The molecule has 0 fully saturated rings. The zero-order valence-corrected chi connectivity index (χ0v) is 18.6. The van der Waals surface area contributed by atoms with E-state index in [1.165, 1.54) is 17.7 Å². The molecule has 0 saturated carbocycles. The number of nitrogens with one attached hydrogen (secondary N) is 1. The molecule has 3 aromatic carbocycles. The minimum absolute atomic E-state index is 0.00615. The van der Waals surface area contributed by atoms with Gasteiger partial charge in [0.2, 0.25) is 0 Å². The van der Waals surface area contributed by atoms with E-state index in [0.717, 1.165) is 42.0 Å². The number of hydrogen-bond acceptors (Lipinski definition) is 3. The third-order valence-corrected chi connectivity index (χ3v) is 6.00. The second-order valence-corrected chi connectivity index (χ2v) is 8.36. The Morgan fingerprint density at radius 1 is 1.03 bits per heavy atom. The van der Waals surface area contributed by atoms with E-state index in [1.807, 2.05) is 55.4 Å². The molecule has 4 rings (SSSR count). The fraction of sp³-hybridized carbons (Fsp3) is 0.269. The Bertz CT molecular complexity index is 1130. The van der Waals surface area contributed by atoms with Gasteiger partial charge >= 0.3 is 6.18 Å². The molecule has 0 spiro atoms. The number of para-hydroxylation sites is 1. The van der Waals surface area contributed by atoms with Crippen LogP contribution in [0.15, 0.2) is 72.8 Å². The highest BCUT2D eigenvalue weighted by atomic mass is 19.4. The second-order valence-electron chi connectivity index (χ2n) is 8.36. The Kier molecular flexibility index (Phi) is 6.31. The van der Waals surface area contributed by atoms with Gasteiger partial charge in [-0.05, 0) is 53.9 Å². The smallest absolute Gasteiger partial charge is 0.378 e. The first-order valence-electron chi connectivity index (χ1n) is 10.8. The molecule has 0 bridgehead atoms. The molecule has 1 aliphatic rings. The Balaban J connectivity index is 1.59. The number of hydrogen-bond donors (Lipinski definition) is 1. The summed E-state index contributed by atoms with van der Waals surface area (Å²) in [5, 5.41) is 2.86. The number of nitrogens with zero attached hydrogens (tertiary/aromatic N) is 2. The van der Waals surface area contributed by atoms with Gasteiger partial charge in [-0.2, -0.15) is 13.2 Å². The first-order valence-corrected chi connectivity index (χ1v) is 10.8. The molecule has 0 unspecified atom stereocenters. The van der Waals surface area contributed by atoms with Crippen LogP contribution in [0.4, 0.5) is 24.5 Å². The summed E-state index contributed by atoms with van der Waals surface area (Å²) in [5.74, 6) is -0.525. The molecule has 3 aromatic rings. The number of alkyl halides is 3. The molecule has 1 aliphatic heterocycles. The summed E-state index contributed by atoms with van der Waals surface area (Å²) in [6.07, 6.45) is -3.59. The van der Waals surface area contributed by atoms with Crippen molar-refractivity contribution in [3.05, 3.63) is 95.1 Å². The highest BCUT2D eigenvalue weighted by Crippen LogP contribution is 2.35. The summed E-state index contributed by atoms with van der Waals surface area (Å²) in [7, 11) is 3.94. The highest BCUT2D eigenvalue weighted by molar-refractivity contribution is 5.94. The van der Waals surface area contributed by atoms with Crippen LogP contribution >= 0.6 is 0 Å². The van der Waals surface area contributed by atoms with Gasteiger partial charge in [-0.1, -0.05) is 36.4 Å². The average Bonchev–Trinajstić information content (AvgIpc) is 3.23. The lowest BCUT2D eigenvalue weighted by atomic mass is 10.0. The zero-order chi connectivity index (χ0) is 23.6. The van der Waals surface area contributed by atoms with Crippen LogP contribution < -0.4 is 15.1 Å². The first kappa shape index (κ1) is 22.7. The molecule has 172 valence electrons. The number of halogens is 3. The fourth-order valence-corrected chi connectivity index (χ4v) is 4.22. The summed E-state index contributed by atoms with van der Waals surface area (Å²) in [4.78, 5) is 17.0. The van der Waals surface area contributed by atoms with Crippen LogP contribution in [0, 0.1) is 0 Å². The van der Waals surface area contributed by atoms with E-state index in [1.54, 1.807) is 0 Å². The molecular weight excluding hydrogens is 427 g/mol. The largest absolute Gasteiger partial charge is 0.416 e. The molecule has 7 heteroatoms. The van der Waals surface area contributed by atoms with E-state index in [0.29, 0.717) is 0 Å². The standard InChI is InChI=1S/C26H26F3N3O/c1-31(2)22-12-10-19(11-13-22)24(32-15-14-18-6-3-4-9-23(18)32)17-30-25(33)20-7-5-8-21(16-20)26(27,28)29/h3-13,16,24H,14-15,17H2,1-2H3,(H,30,33)/t24-/m1/s1. The molecular formula is C26H26F3N3O. The molecule has 1 N–H and O–H groups in total. The quantitative estimate of drug-likeness (QED) is 0.550. The molecule has 4 nitrogen and oxygen atoms in total. The minimum atomic E-state index is -4.49. The molecule has 0 aromatic heterocycles. The lowest BCUT2D eigenvalue weighted by Gasteiger charge is -2.31. The lowest BCUT2D eigenvalue weighted by Crippen LogP contribution is -2.37. The van der Waals surface area contributed by atoms with Gasteiger partial charge in [0.15, 0.2) is 0 Å². The monoisotopic (exact) mass is 453 g/mol. The average molecular weight is 454 g/mol. The van der Waals surface area contributed by atoms with Gasteiger partial charge in [0.05, 0.1) is 11.6 Å². The van der Waals surface area contributed by atoms with Crippen LogP contribution in [-0.2, 0) is 12.6 Å². The van der Waals surface area contributed by atoms with Crippen LogP contribution in [-0.4, -0.2) is 33.1 Å². The van der Waals surface area contributed by atoms with Crippen molar-refractivity contribution in [2.75, 3.05) is 37.0 Å². The van der Waals surface area contributed by atoms with Crippen molar-refractivity contribution < 1.29 is 18.0 Å². The summed E-state index contributed by atoms with van der Waals surface area (Å²) in [6.45, 7) is 1.07. The van der Waals surface area contributed by atoms with E-state index in [9.17, 15) is 18.0 Å². The van der Waals surface area contributed by atoms with E-state index >= 15 is 0 Å². The van der Waals surface area contributed by atoms with Crippen molar-refractivity contribution >= 4 is 17.3 Å². The van der Waals surface area contributed by atoms with Gasteiger partial charge < -0.3 is 15.1 Å².